The lowest BCUT2D eigenvalue weighted by Gasteiger charge is -2.40. The van der Waals surface area contributed by atoms with E-state index >= 15 is 0 Å². The van der Waals surface area contributed by atoms with Crippen molar-refractivity contribution in [2.75, 3.05) is 31.6 Å². The lowest BCUT2D eigenvalue weighted by Crippen LogP contribution is -2.51. The van der Waals surface area contributed by atoms with Gasteiger partial charge in [-0.1, -0.05) is 0 Å². The molecule has 156 valence electrons. The summed E-state index contributed by atoms with van der Waals surface area (Å²) < 4.78 is 0. The highest BCUT2D eigenvalue weighted by molar-refractivity contribution is 5.92. The molecule has 30 heavy (non-hydrogen) atoms. The molecule has 0 bridgehead atoms. The molecule has 1 amide bonds. The van der Waals surface area contributed by atoms with Gasteiger partial charge in [-0.05, 0) is 43.7 Å². The molecular formula is C22H26N6O2. The molecule has 3 aromatic rings. The van der Waals surface area contributed by atoms with Gasteiger partial charge < -0.3 is 15.2 Å². The molecule has 1 fully saturated rings. The fourth-order valence-corrected chi connectivity index (χ4v) is 3.85. The summed E-state index contributed by atoms with van der Waals surface area (Å²) in [7, 11) is 1.60. The minimum atomic E-state index is -0.180. The zero-order valence-corrected chi connectivity index (χ0v) is 17.5. The third-order valence-corrected chi connectivity index (χ3v) is 5.66. The average Bonchev–Trinajstić information content (AvgIpc) is 2.75. The summed E-state index contributed by atoms with van der Waals surface area (Å²) in [5.41, 5.74) is 4.71. The largest absolute Gasteiger partial charge is 0.367 e. The number of hydrogen-bond donors (Lipinski definition) is 2. The Morgan fingerprint density at radius 3 is 2.77 bits per heavy atom. The minimum Gasteiger partial charge on any atom is -0.367 e. The van der Waals surface area contributed by atoms with Gasteiger partial charge in [-0.2, -0.15) is 0 Å². The van der Waals surface area contributed by atoms with Crippen LogP contribution in [0.4, 0.5) is 5.69 Å². The third-order valence-electron chi connectivity index (χ3n) is 5.66. The molecule has 1 atom stereocenters. The summed E-state index contributed by atoms with van der Waals surface area (Å²) in [6, 6.07) is 7.89. The first-order chi connectivity index (χ1) is 14.4. The van der Waals surface area contributed by atoms with Crippen LogP contribution in [0.2, 0.25) is 0 Å². The van der Waals surface area contributed by atoms with Crippen molar-refractivity contribution in [1.29, 1.82) is 0 Å². The molecule has 0 aromatic carbocycles. The normalized spacial score (nSPS) is 17.3. The number of aryl methyl sites for hydroxylation is 1. The molecule has 0 spiro atoms. The van der Waals surface area contributed by atoms with Gasteiger partial charge in [-0.3, -0.25) is 19.5 Å². The van der Waals surface area contributed by atoms with E-state index in [9.17, 15) is 9.59 Å². The lowest BCUT2D eigenvalue weighted by atomic mass is 10.1. The predicted octanol–water partition coefficient (Wildman–Crippen LogP) is 1.70. The van der Waals surface area contributed by atoms with Crippen LogP contribution in [0.3, 0.4) is 0 Å². The van der Waals surface area contributed by atoms with Crippen LogP contribution in [0.15, 0.2) is 41.5 Å². The molecule has 1 aliphatic rings. The Kier molecular flexibility index (Phi) is 5.50. The molecular weight excluding hydrogens is 380 g/mol. The molecule has 0 saturated carbocycles. The van der Waals surface area contributed by atoms with E-state index in [4.69, 9.17) is 0 Å². The van der Waals surface area contributed by atoms with Gasteiger partial charge in [0.1, 0.15) is 5.69 Å². The van der Waals surface area contributed by atoms with Crippen molar-refractivity contribution < 1.29 is 4.79 Å². The van der Waals surface area contributed by atoms with E-state index in [0.29, 0.717) is 17.3 Å². The molecule has 0 aliphatic carbocycles. The number of nitrogens with one attached hydrogen (secondary N) is 2. The maximum atomic E-state index is 11.9. The van der Waals surface area contributed by atoms with Crippen molar-refractivity contribution in [2.24, 2.45) is 0 Å². The molecule has 0 radical (unpaired) electrons. The second kappa shape index (κ2) is 8.23. The van der Waals surface area contributed by atoms with Crippen LogP contribution < -0.4 is 15.8 Å². The quantitative estimate of drug-likeness (QED) is 0.685. The fourth-order valence-electron chi connectivity index (χ4n) is 3.85. The molecule has 8 heteroatoms. The Morgan fingerprint density at radius 1 is 1.23 bits per heavy atom. The summed E-state index contributed by atoms with van der Waals surface area (Å²) in [4.78, 5) is 40.0. The zero-order chi connectivity index (χ0) is 21.3. The first-order valence-electron chi connectivity index (χ1n) is 10.1. The second-order valence-corrected chi connectivity index (χ2v) is 7.80. The molecule has 1 saturated heterocycles. The van der Waals surface area contributed by atoms with Gasteiger partial charge >= 0.3 is 0 Å². The van der Waals surface area contributed by atoms with Gasteiger partial charge in [0.25, 0.3) is 11.5 Å². The number of nitrogens with zero attached hydrogens (tertiary/aromatic N) is 4. The van der Waals surface area contributed by atoms with Crippen LogP contribution in [0, 0.1) is 6.92 Å². The fraction of sp³-hybridized carbons (Fsp3) is 0.364. The van der Waals surface area contributed by atoms with Gasteiger partial charge in [-0.15, -0.1) is 0 Å². The Hall–Kier alpha value is -3.26. The van der Waals surface area contributed by atoms with Crippen molar-refractivity contribution >= 4 is 22.6 Å². The SMILES string of the molecule is CNC(=O)c1ccc(N2CCN(Cc3cnc4cc(C)c(=O)[nH]c4c3)[C@@H](C)C2)cn1. The number of H-pyrrole nitrogens is 1. The summed E-state index contributed by atoms with van der Waals surface area (Å²) in [5.74, 6) is -0.180. The van der Waals surface area contributed by atoms with Gasteiger partial charge in [0, 0.05) is 51.0 Å². The highest BCUT2D eigenvalue weighted by atomic mass is 16.1. The van der Waals surface area contributed by atoms with Gasteiger partial charge in [0.2, 0.25) is 0 Å². The summed E-state index contributed by atoms with van der Waals surface area (Å²) in [6.07, 6.45) is 3.65. The Balaban J connectivity index is 1.43. The first-order valence-corrected chi connectivity index (χ1v) is 10.1. The van der Waals surface area contributed by atoms with Gasteiger partial charge in [-0.25, -0.2) is 4.98 Å². The Morgan fingerprint density at radius 2 is 2.07 bits per heavy atom. The minimum absolute atomic E-state index is 0.0699. The number of carbonyl (C=O) groups is 1. The van der Waals surface area contributed by atoms with Gasteiger partial charge in [0.15, 0.2) is 0 Å². The van der Waals surface area contributed by atoms with E-state index in [1.165, 1.54) is 0 Å². The number of fused-ring (bicyclic) bond motifs is 1. The standard InChI is InChI=1S/C22H26N6O2/c1-14-8-19-20(26-21(14)29)9-16(10-24-19)13-27-6-7-28(12-15(27)2)17-4-5-18(25-11-17)22(30)23-3/h4-5,8-11,15H,6-7,12-13H2,1-3H3,(H,23,30)(H,26,29)/t15-/m0/s1. The number of amides is 1. The number of anilines is 1. The van der Waals surface area contributed by atoms with E-state index in [2.05, 4.69) is 37.0 Å². The van der Waals surface area contributed by atoms with Crippen LogP contribution in [0.1, 0.15) is 28.5 Å². The monoisotopic (exact) mass is 406 g/mol. The van der Waals surface area contributed by atoms with Crippen LogP contribution in [-0.2, 0) is 6.54 Å². The molecule has 8 nitrogen and oxygen atoms in total. The summed E-state index contributed by atoms with van der Waals surface area (Å²) in [5, 5.41) is 2.59. The summed E-state index contributed by atoms with van der Waals surface area (Å²) in [6.45, 7) is 7.43. The Labute approximate surface area is 175 Å². The van der Waals surface area contributed by atoms with E-state index in [1.54, 1.807) is 26.2 Å². The number of hydrogen-bond acceptors (Lipinski definition) is 6. The number of rotatable bonds is 4. The molecule has 2 N–H and O–H groups in total. The van der Waals surface area contributed by atoms with Crippen molar-refractivity contribution in [3.63, 3.8) is 0 Å². The molecule has 3 aromatic heterocycles. The molecule has 0 unspecified atom stereocenters. The van der Waals surface area contributed by atoms with E-state index in [1.807, 2.05) is 24.4 Å². The highest BCUT2D eigenvalue weighted by Crippen LogP contribution is 2.21. The zero-order valence-electron chi connectivity index (χ0n) is 17.5. The Bertz CT molecular complexity index is 1120. The highest BCUT2D eigenvalue weighted by Gasteiger charge is 2.24. The van der Waals surface area contributed by atoms with Gasteiger partial charge in [0.05, 0.1) is 22.9 Å². The molecule has 4 rings (SSSR count). The number of aromatic nitrogens is 3. The number of aromatic amines is 1. The van der Waals surface area contributed by atoms with E-state index in [0.717, 1.165) is 48.5 Å². The molecule has 4 heterocycles. The van der Waals surface area contributed by atoms with Crippen molar-refractivity contribution in [1.82, 2.24) is 25.2 Å². The van der Waals surface area contributed by atoms with Crippen molar-refractivity contribution in [3.8, 4) is 0 Å². The number of piperazine rings is 1. The first kappa shape index (κ1) is 20.0. The number of carbonyl (C=O) groups excluding carboxylic acids is 1. The predicted molar refractivity (Wildman–Crippen MR) is 117 cm³/mol. The van der Waals surface area contributed by atoms with E-state index < -0.39 is 0 Å². The smallest absolute Gasteiger partial charge is 0.269 e. The van der Waals surface area contributed by atoms with Crippen molar-refractivity contribution in [3.05, 3.63) is 63.8 Å². The van der Waals surface area contributed by atoms with E-state index in [-0.39, 0.29) is 11.5 Å². The summed E-state index contributed by atoms with van der Waals surface area (Å²) >= 11 is 0. The maximum Gasteiger partial charge on any atom is 0.269 e. The topological polar surface area (TPSA) is 94.2 Å². The average molecular weight is 406 g/mol. The van der Waals surface area contributed by atoms with Crippen LogP contribution >= 0.6 is 0 Å². The third kappa shape index (κ3) is 4.04. The molecule has 1 aliphatic heterocycles. The van der Waals surface area contributed by atoms with Crippen LogP contribution in [-0.4, -0.2) is 58.5 Å². The maximum absolute atomic E-state index is 11.9. The lowest BCUT2D eigenvalue weighted by molar-refractivity contribution is 0.0958. The van der Waals surface area contributed by atoms with Crippen molar-refractivity contribution in [2.45, 2.75) is 26.4 Å². The second-order valence-electron chi connectivity index (χ2n) is 7.80. The van der Waals surface area contributed by atoms with Crippen LogP contribution in [0.25, 0.3) is 11.0 Å². The van der Waals surface area contributed by atoms with Crippen LogP contribution in [0.5, 0.6) is 0 Å². The number of pyridine rings is 3.